The number of carbonyl (C=O) groups is 1. The van der Waals surface area contributed by atoms with Gasteiger partial charge in [-0.05, 0) is 33.2 Å². The van der Waals surface area contributed by atoms with Crippen molar-refractivity contribution in [1.29, 1.82) is 0 Å². The first-order chi connectivity index (χ1) is 9.10. The highest BCUT2D eigenvalue weighted by Gasteiger charge is 2.28. The molecule has 0 radical (unpaired) electrons. The molecule has 0 amide bonds. The molecule has 1 aliphatic heterocycles. The quantitative estimate of drug-likeness (QED) is 0.616. The summed E-state index contributed by atoms with van der Waals surface area (Å²) in [5.74, 6) is 0.615. The van der Waals surface area contributed by atoms with E-state index in [4.69, 9.17) is 4.52 Å². The molecule has 0 bridgehead atoms. The summed E-state index contributed by atoms with van der Waals surface area (Å²) < 4.78 is 10.00. The Hall–Kier alpha value is -1.62. The highest BCUT2D eigenvalue weighted by atomic mass is 16.5. The molecule has 1 aromatic heterocycles. The van der Waals surface area contributed by atoms with Crippen molar-refractivity contribution in [2.45, 2.75) is 32.7 Å². The van der Waals surface area contributed by atoms with Crippen LogP contribution in [0, 0.1) is 6.92 Å². The summed E-state index contributed by atoms with van der Waals surface area (Å²) in [5, 5.41) is 3.95. The number of hydrogen-bond donors (Lipinski definition) is 0. The van der Waals surface area contributed by atoms with Gasteiger partial charge in [0.15, 0.2) is 5.76 Å². The topological polar surface area (TPSA) is 55.6 Å². The van der Waals surface area contributed by atoms with E-state index in [0.29, 0.717) is 0 Å². The zero-order valence-corrected chi connectivity index (χ0v) is 11.7. The van der Waals surface area contributed by atoms with Gasteiger partial charge in [-0.1, -0.05) is 10.7 Å². The number of ether oxygens (including phenoxy) is 1. The summed E-state index contributed by atoms with van der Waals surface area (Å²) >= 11 is 0. The average molecular weight is 264 g/mol. The molecule has 0 aliphatic carbocycles. The van der Waals surface area contributed by atoms with Crippen molar-refractivity contribution < 1.29 is 14.1 Å². The fraction of sp³-hybridized carbons (Fsp3) is 0.571. The molecular weight excluding hydrogens is 244 g/mol. The van der Waals surface area contributed by atoms with Crippen molar-refractivity contribution in [3.05, 3.63) is 29.2 Å². The van der Waals surface area contributed by atoms with Gasteiger partial charge >= 0.3 is 5.97 Å². The molecule has 1 fully saturated rings. The van der Waals surface area contributed by atoms with Crippen molar-refractivity contribution in [2.24, 2.45) is 0 Å². The predicted molar refractivity (Wildman–Crippen MR) is 70.6 cm³/mol. The summed E-state index contributed by atoms with van der Waals surface area (Å²) in [7, 11) is 1.39. The highest BCUT2D eigenvalue weighted by Crippen LogP contribution is 2.32. The van der Waals surface area contributed by atoms with E-state index in [0.717, 1.165) is 43.0 Å². The minimum atomic E-state index is -0.302. The Balaban J connectivity index is 2.03. The van der Waals surface area contributed by atoms with E-state index in [1.54, 1.807) is 6.08 Å². The van der Waals surface area contributed by atoms with Crippen molar-refractivity contribution >= 4 is 5.97 Å². The molecule has 0 N–H and O–H groups in total. The van der Waals surface area contributed by atoms with Gasteiger partial charge < -0.3 is 9.26 Å². The molecule has 5 heteroatoms. The van der Waals surface area contributed by atoms with Gasteiger partial charge in [-0.15, -0.1) is 0 Å². The summed E-state index contributed by atoms with van der Waals surface area (Å²) in [6, 6.07) is 2.25. The number of aromatic nitrogens is 1. The molecule has 0 spiro atoms. The number of likely N-dealkylation sites (tertiary alicyclic amines) is 1. The third-order valence-corrected chi connectivity index (χ3v) is 3.36. The lowest BCUT2D eigenvalue weighted by molar-refractivity contribution is -0.134. The lowest BCUT2D eigenvalue weighted by atomic mass is 10.1. The molecule has 1 unspecified atom stereocenters. The van der Waals surface area contributed by atoms with Crippen LogP contribution in [0.1, 0.15) is 37.3 Å². The standard InChI is InChI=1S/C14H20N2O3/c1-10(7-14(17)18-3)9-16-6-4-5-12(16)13-8-11(2)15-19-13/h7-8,12H,4-6,9H2,1-3H3. The van der Waals surface area contributed by atoms with Crippen LogP contribution in [0.4, 0.5) is 0 Å². The van der Waals surface area contributed by atoms with Gasteiger partial charge in [0.1, 0.15) is 0 Å². The first-order valence-electron chi connectivity index (χ1n) is 6.52. The van der Waals surface area contributed by atoms with Crippen LogP contribution in [0.25, 0.3) is 0 Å². The van der Waals surface area contributed by atoms with Crippen LogP contribution in [0.15, 0.2) is 22.2 Å². The fourth-order valence-electron chi connectivity index (χ4n) is 2.50. The number of carbonyl (C=O) groups excluding carboxylic acids is 1. The van der Waals surface area contributed by atoms with Crippen molar-refractivity contribution in [3.63, 3.8) is 0 Å². The smallest absolute Gasteiger partial charge is 0.330 e. The zero-order valence-electron chi connectivity index (χ0n) is 11.7. The molecule has 0 saturated carbocycles. The highest BCUT2D eigenvalue weighted by molar-refractivity contribution is 5.82. The fourth-order valence-corrected chi connectivity index (χ4v) is 2.50. The van der Waals surface area contributed by atoms with Gasteiger partial charge in [0.2, 0.25) is 0 Å². The molecule has 2 rings (SSSR count). The second-order valence-electron chi connectivity index (χ2n) is 5.01. The van der Waals surface area contributed by atoms with Crippen LogP contribution >= 0.6 is 0 Å². The molecule has 1 aromatic rings. The first kappa shape index (κ1) is 13.8. The molecule has 1 saturated heterocycles. The van der Waals surface area contributed by atoms with E-state index in [1.165, 1.54) is 7.11 Å². The SMILES string of the molecule is COC(=O)C=C(C)CN1CCCC1c1cc(C)no1. The van der Waals surface area contributed by atoms with E-state index in [-0.39, 0.29) is 12.0 Å². The second kappa shape index (κ2) is 6.02. The average Bonchev–Trinajstić information content (AvgIpc) is 2.97. The summed E-state index contributed by atoms with van der Waals surface area (Å²) in [4.78, 5) is 13.5. The zero-order chi connectivity index (χ0) is 13.8. The van der Waals surface area contributed by atoms with Crippen LogP contribution in [-0.4, -0.2) is 36.2 Å². The molecule has 1 atom stereocenters. The minimum absolute atomic E-state index is 0.266. The third-order valence-electron chi connectivity index (χ3n) is 3.36. The molecule has 2 heterocycles. The van der Waals surface area contributed by atoms with E-state index in [1.807, 2.05) is 19.9 Å². The summed E-state index contributed by atoms with van der Waals surface area (Å²) in [6.45, 7) is 5.63. The van der Waals surface area contributed by atoms with Crippen molar-refractivity contribution in [1.82, 2.24) is 10.1 Å². The number of hydrogen-bond acceptors (Lipinski definition) is 5. The Morgan fingerprint density at radius 3 is 3.11 bits per heavy atom. The number of methoxy groups -OCH3 is 1. The Morgan fingerprint density at radius 2 is 2.47 bits per heavy atom. The maximum atomic E-state index is 11.2. The van der Waals surface area contributed by atoms with Gasteiger partial charge in [-0.25, -0.2) is 4.79 Å². The van der Waals surface area contributed by atoms with Gasteiger partial charge in [-0.3, -0.25) is 4.90 Å². The van der Waals surface area contributed by atoms with Crippen molar-refractivity contribution in [2.75, 3.05) is 20.2 Å². The van der Waals surface area contributed by atoms with Crippen LogP contribution in [-0.2, 0) is 9.53 Å². The molecule has 104 valence electrons. The molecule has 19 heavy (non-hydrogen) atoms. The number of aryl methyl sites for hydroxylation is 1. The second-order valence-corrected chi connectivity index (χ2v) is 5.01. The van der Waals surface area contributed by atoms with Crippen LogP contribution < -0.4 is 0 Å². The normalized spacial score (nSPS) is 20.8. The lowest BCUT2D eigenvalue weighted by Gasteiger charge is -2.22. The molecule has 0 aromatic carbocycles. The van der Waals surface area contributed by atoms with Gasteiger partial charge in [0, 0.05) is 18.7 Å². The van der Waals surface area contributed by atoms with E-state index in [9.17, 15) is 4.79 Å². The Kier molecular flexibility index (Phi) is 4.37. The van der Waals surface area contributed by atoms with Crippen LogP contribution in [0.5, 0.6) is 0 Å². The molecule has 1 aliphatic rings. The van der Waals surface area contributed by atoms with Crippen molar-refractivity contribution in [3.8, 4) is 0 Å². The Morgan fingerprint density at radius 1 is 1.68 bits per heavy atom. The van der Waals surface area contributed by atoms with Crippen LogP contribution in [0.3, 0.4) is 0 Å². The Bertz CT molecular complexity index is 479. The maximum absolute atomic E-state index is 11.2. The minimum Gasteiger partial charge on any atom is -0.466 e. The summed E-state index contributed by atoms with van der Waals surface area (Å²) in [5.41, 5.74) is 1.90. The summed E-state index contributed by atoms with van der Waals surface area (Å²) in [6.07, 6.45) is 3.75. The predicted octanol–water partition coefficient (Wildman–Crippen LogP) is 2.24. The number of nitrogens with zero attached hydrogens (tertiary/aromatic N) is 2. The van der Waals surface area contributed by atoms with E-state index < -0.39 is 0 Å². The number of rotatable bonds is 4. The lowest BCUT2D eigenvalue weighted by Crippen LogP contribution is -2.25. The molecule has 5 nitrogen and oxygen atoms in total. The third kappa shape index (κ3) is 3.44. The van der Waals surface area contributed by atoms with Gasteiger partial charge in [0.25, 0.3) is 0 Å². The monoisotopic (exact) mass is 264 g/mol. The largest absolute Gasteiger partial charge is 0.466 e. The van der Waals surface area contributed by atoms with E-state index in [2.05, 4.69) is 14.8 Å². The molecular formula is C14H20N2O3. The van der Waals surface area contributed by atoms with Gasteiger partial charge in [-0.2, -0.15) is 0 Å². The van der Waals surface area contributed by atoms with E-state index >= 15 is 0 Å². The Labute approximate surface area is 113 Å². The first-order valence-corrected chi connectivity index (χ1v) is 6.52. The number of esters is 1. The van der Waals surface area contributed by atoms with Crippen LogP contribution in [0.2, 0.25) is 0 Å². The van der Waals surface area contributed by atoms with Gasteiger partial charge in [0.05, 0.1) is 18.8 Å². The maximum Gasteiger partial charge on any atom is 0.330 e.